The first-order chi connectivity index (χ1) is 38.6. The van der Waals surface area contributed by atoms with Gasteiger partial charge in [-0.2, -0.15) is 0 Å². The van der Waals surface area contributed by atoms with E-state index in [9.17, 15) is 45.6 Å². The second-order valence-corrected chi connectivity index (χ2v) is 23.6. The number of allylic oxidation sites excluding steroid dienone is 3. The predicted octanol–water partition coefficient (Wildman–Crippen LogP) is 12.4. The third-order valence-corrected chi connectivity index (χ3v) is 16.4. The summed E-state index contributed by atoms with van der Waals surface area (Å²) in [5, 5.41) is 87.2. The molecule has 0 saturated carbocycles. The molecule has 0 aromatic rings. The molecule has 0 radical (unpaired) electrons. The molecule has 0 aromatic carbocycles. The molecule has 14 nitrogen and oxygen atoms in total. The number of amides is 1. The smallest absolute Gasteiger partial charge is 0.220 e. The molecule has 2 saturated heterocycles. The van der Waals surface area contributed by atoms with Crippen molar-refractivity contribution < 1.29 is 64.6 Å². The van der Waals surface area contributed by atoms with Crippen molar-refractivity contribution in [2.24, 2.45) is 0 Å². The third-order valence-electron chi connectivity index (χ3n) is 16.4. The van der Waals surface area contributed by atoms with Gasteiger partial charge in [0.05, 0.1) is 32.0 Å². The lowest BCUT2D eigenvalue weighted by molar-refractivity contribution is -0.359. The fraction of sp³-hybridized carbons (Fsp3) is 0.923. The van der Waals surface area contributed by atoms with Crippen molar-refractivity contribution in [3.63, 3.8) is 0 Å². The molecule has 466 valence electrons. The van der Waals surface area contributed by atoms with Crippen LogP contribution >= 0.6 is 0 Å². The largest absolute Gasteiger partial charge is 0.394 e. The van der Waals surface area contributed by atoms with Gasteiger partial charge in [-0.1, -0.05) is 263 Å². The molecule has 2 rings (SSSR count). The van der Waals surface area contributed by atoms with E-state index in [1.54, 1.807) is 6.08 Å². The quantitative estimate of drug-likeness (QED) is 0.0204. The summed E-state index contributed by atoms with van der Waals surface area (Å²) in [4.78, 5) is 13.3. The standard InChI is InChI=1S/C65H123NO13/c1-3-5-7-9-11-13-15-17-19-20-21-22-23-24-25-26-27-28-29-30-31-32-33-35-36-38-40-42-44-46-48-54(69)53(66-57(70)49-47-45-43-41-39-37-34-18-16-14-12-10-8-6-4-2)52-76-64-62(75)60(73)63(56(51-68)78-64)79-65-61(74)59(72)58(71)55(50-67)77-65/h18,34,46,48,53-56,58-65,67-69,71-75H,3-17,19-33,35-45,47,49-52H2,1-2H3,(H,66,70)/b34-18-,48-46+. The third kappa shape index (κ3) is 36.0. The van der Waals surface area contributed by atoms with Gasteiger partial charge in [-0.25, -0.2) is 0 Å². The average molecular weight is 1130 g/mol. The molecule has 0 aliphatic carbocycles. The van der Waals surface area contributed by atoms with Crippen LogP contribution in [0.4, 0.5) is 0 Å². The molecule has 2 heterocycles. The van der Waals surface area contributed by atoms with Gasteiger partial charge < -0.3 is 65.1 Å². The zero-order valence-corrected chi connectivity index (χ0v) is 50.4. The van der Waals surface area contributed by atoms with E-state index in [-0.39, 0.29) is 18.9 Å². The molecular formula is C65H123NO13. The molecule has 2 aliphatic rings. The van der Waals surface area contributed by atoms with E-state index in [1.807, 2.05) is 6.08 Å². The van der Waals surface area contributed by atoms with Gasteiger partial charge in [0.2, 0.25) is 5.91 Å². The highest BCUT2D eigenvalue weighted by molar-refractivity contribution is 5.76. The Morgan fingerprint density at radius 3 is 1.20 bits per heavy atom. The predicted molar refractivity (Wildman–Crippen MR) is 318 cm³/mol. The van der Waals surface area contributed by atoms with Crippen molar-refractivity contribution in [2.45, 2.75) is 364 Å². The molecule has 0 spiro atoms. The number of hydrogen-bond donors (Lipinski definition) is 9. The van der Waals surface area contributed by atoms with E-state index >= 15 is 0 Å². The maximum Gasteiger partial charge on any atom is 0.220 e. The molecule has 1 amide bonds. The maximum absolute atomic E-state index is 13.3. The molecule has 79 heavy (non-hydrogen) atoms. The van der Waals surface area contributed by atoms with Gasteiger partial charge >= 0.3 is 0 Å². The minimum atomic E-state index is -1.79. The summed E-state index contributed by atoms with van der Waals surface area (Å²) in [7, 11) is 0. The minimum Gasteiger partial charge on any atom is -0.394 e. The number of carbonyl (C=O) groups excluding carboxylic acids is 1. The van der Waals surface area contributed by atoms with E-state index in [4.69, 9.17) is 18.9 Å². The molecule has 14 heteroatoms. The van der Waals surface area contributed by atoms with Crippen LogP contribution < -0.4 is 5.32 Å². The van der Waals surface area contributed by atoms with Crippen LogP contribution in [0, 0.1) is 0 Å². The zero-order valence-electron chi connectivity index (χ0n) is 50.4. The summed E-state index contributed by atoms with van der Waals surface area (Å²) in [6.45, 7) is 2.82. The summed E-state index contributed by atoms with van der Waals surface area (Å²) in [6.07, 6.45) is 45.2. The number of rotatable bonds is 54. The summed E-state index contributed by atoms with van der Waals surface area (Å²) in [5.41, 5.74) is 0. The Bertz CT molecular complexity index is 1420. The van der Waals surface area contributed by atoms with Crippen molar-refractivity contribution in [3.05, 3.63) is 24.3 Å². The summed E-state index contributed by atoms with van der Waals surface area (Å²) in [5.74, 6) is -0.245. The van der Waals surface area contributed by atoms with Crippen LogP contribution in [0.25, 0.3) is 0 Å². The molecule has 2 fully saturated rings. The number of unbranched alkanes of at least 4 members (excludes halogenated alkanes) is 39. The lowest BCUT2D eigenvalue weighted by Crippen LogP contribution is -2.65. The van der Waals surface area contributed by atoms with E-state index in [2.05, 4.69) is 31.3 Å². The molecule has 12 atom stereocenters. The molecule has 9 N–H and O–H groups in total. The van der Waals surface area contributed by atoms with E-state index in [0.717, 1.165) is 57.8 Å². The highest BCUT2D eigenvalue weighted by Crippen LogP contribution is 2.30. The van der Waals surface area contributed by atoms with Gasteiger partial charge in [-0.05, 0) is 44.9 Å². The fourth-order valence-corrected chi connectivity index (χ4v) is 11.1. The Morgan fingerprint density at radius 2 is 0.797 bits per heavy atom. The van der Waals surface area contributed by atoms with Crippen molar-refractivity contribution in [1.29, 1.82) is 0 Å². The van der Waals surface area contributed by atoms with Gasteiger partial charge in [-0.15, -0.1) is 0 Å². The first kappa shape index (κ1) is 73.6. The zero-order chi connectivity index (χ0) is 57.4. The highest BCUT2D eigenvalue weighted by Gasteiger charge is 2.51. The Labute approximate surface area is 481 Å². The van der Waals surface area contributed by atoms with Crippen LogP contribution in [0.3, 0.4) is 0 Å². The van der Waals surface area contributed by atoms with Crippen molar-refractivity contribution in [2.75, 3.05) is 19.8 Å². The molecule has 12 unspecified atom stereocenters. The molecule has 2 aliphatic heterocycles. The van der Waals surface area contributed by atoms with E-state index in [1.165, 1.54) is 205 Å². The van der Waals surface area contributed by atoms with Crippen LogP contribution in [0.1, 0.15) is 290 Å². The highest BCUT2D eigenvalue weighted by atomic mass is 16.7. The SMILES string of the molecule is CCCCCCCC/C=C\CCCCCCCC(=O)NC(COC1OC(CO)C(OC2OC(CO)C(O)C(O)C2O)C(O)C1O)C(O)/C=C/CCCCCCCCCCCCCCCCCCCCCCCCCCCCCC. The maximum atomic E-state index is 13.3. The lowest BCUT2D eigenvalue weighted by Gasteiger charge is -2.46. The normalized spacial score (nSPS) is 24.5. The van der Waals surface area contributed by atoms with Crippen LogP contribution in [0.2, 0.25) is 0 Å². The molecule has 0 aromatic heterocycles. The van der Waals surface area contributed by atoms with Gasteiger partial charge in [0.1, 0.15) is 48.8 Å². The number of aliphatic hydroxyl groups excluding tert-OH is 8. The van der Waals surface area contributed by atoms with Gasteiger partial charge in [-0.3, -0.25) is 4.79 Å². The van der Waals surface area contributed by atoms with Gasteiger partial charge in [0.25, 0.3) is 0 Å². The monoisotopic (exact) mass is 1130 g/mol. The summed E-state index contributed by atoms with van der Waals surface area (Å²) in [6, 6.07) is -0.917. The van der Waals surface area contributed by atoms with E-state index < -0.39 is 86.8 Å². The van der Waals surface area contributed by atoms with Crippen molar-refractivity contribution in [3.8, 4) is 0 Å². The minimum absolute atomic E-state index is 0.245. The number of carbonyl (C=O) groups is 1. The fourth-order valence-electron chi connectivity index (χ4n) is 11.1. The second kappa shape index (κ2) is 50.9. The molecule has 0 bridgehead atoms. The van der Waals surface area contributed by atoms with Gasteiger partial charge in [0, 0.05) is 6.42 Å². The van der Waals surface area contributed by atoms with Crippen molar-refractivity contribution in [1.82, 2.24) is 5.32 Å². The molecular weight excluding hydrogens is 1000 g/mol. The second-order valence-electron chi connectivity index (χ2n) is 23.6. The van der Waals surface area contributed by atoms with Crippen LogP contribution in [-0.2, 0) is 23.7 Å². The van der Waals surface area contributed by atoms with Crippen LogP contribution in [-0.4, -0.2) is 140 Å². The topological polar surface area (TPSA) is 228 Å². The summed E-state index contributed by atoms with van der Waals surface area (Å²) >= 11 is 0. The number of ether oxygens (including phenoxy) is 4. The Hall–Kier alpha value is -1.53. The Kier molecular flexibility index (Phi) is 47.4. The Balaban J connectivity index is 1.68. The number of hydrogen-bond acceptors (Lipinski definition) is 13. The average Bonchev–Trinajstić information content (AvgIpc) is 3.47. The van der Waals surface area contributed by atoms with Gasteiger partial charge in [0.15, 0.2) is 12.6 Å². The first-order valence-electron chi connectivity index (χ1n) is 33.1. The first-order valence-corrected chi connectivity index (χ1v) is 33.1. The van der Waals surface area contributed by atoms with Crippen LogP contribution in [0.15, 0.2) is 24.3 Å². The Morgan fingerprint density at radius 1 is 0.443 bits per heavy atom. The van der Waals surface area contributed by atoms with E-state index in [0.29, 0.717) is 6.42 Å². The number of aliphatic hydroxyl groups is 8. The summed E-state index contributed by atoms with van der Waals surface area (Å²) < 4.78 is 22.8. The van der Waals surface area contributed by atoms with Crippen LogP contribution in [0.5, 0.6) is 0 Å². The lowest BCUT2D eigenvalue weighted by atomic mass is 9.97. The number of nitrogens with one attached hydrogen (secondary N) is 1. The van der Waals surface area contributed by atoms with Crippen molar-refractivity contribution >= 4 is 5.91 Å².